The molecule has 0 aromatic heterocycles. The number of carbonyl (C=O) groups excluding carboxylic acids is 1. The molecule has 4 heteroatoms. The predicted molar refractivity (Wildman–Crippen MR) is 73.6 cm³/mol. The second-order valence-electron chi connectivity index (χ2n) is 5.19. The van der Waals surface area contributed by atoms with Gasteiger partial charge >= 0.3 is 0 Å². The van der Waals surface area contributed by atoms with Crippen molar-refractivity contribution in [3.63, 3.8) is 0 Å². The molecule has 1 fully saturated rings. The average Bonchev–Trinajstić information content (AvgIpc) is 2.67. The van der Waals surface area contributed by atoms with Crippen molar-refractivity contribution in [3.8, 4) is 0 Å². The summed E-state index contributed by atoms with van der Waals surface area (Å²) in [7, 11) is 0. The van der Waals surface area contributed by atoms with Crippen molar-refractivity contribution in [2.24, 2.45) is 0 Å². The van der Waals surface area contributed by atoms with Gasteiger partial charge in [-0.25, -0.2) is 0 Å². The molecule has 1 atom stereocenters. The summed E-state index contributed by atoms with van der Waals surface area (Å²) in [6.07, 6.45) is 4.05. The van der Waals surface area contributed by atoms with E-state index in [0.717, 1.165) is 51.9 Å². The quantitative estimate of drug-likeness (QED) is 0.640. The molecule has 0 saturated carbocycles. The number of hydrogen-bond acceptors (Lipinski definition) is 3. The smallest absolute Gasteiger partial charge is 0.222 e. The molecule has 0 spiro atoms. The summed E-state index contributed by atoms with van der Waals surface area (Å²) in [4.78, 5) is 13.9. The highest BCUT2D eigenvalue weighted by Crippen LogP contribution is 2.21. The summed E-state index contributed by atoms with van der Waals surface area (Å²) in [6.45, 7) is 9.81. The lowest BCUT2D eigenvalue weighted by Gasteiger charge is -2.25. The summed E-state index contributed by atoms with van der Waals surface area (Å²) < 4.78 is 5.52. The molecular weight excluding hydrogens is 228 g/mol. The molecule has 4 nitrogen and oxygen atoms in total. The zero-order valence-corrected chi connectivity index (χ0v) is 12.1. The van der Waals surface area contributed by atoms with Gasteiger partial charge in [-0.2, -0.15) is 0 Å². The fourth-order valence-corrected chi connectivity index (χ4v) is 2.40. The number of likely N-dealkylation sites (tertiary alicyclic amines) is 1. The molecule has 1 saturated heterocycles. The molecule has 1 heterocycles. The lowest BCUT2D eigenvalue weighted by atomic mass is 10.1. The van der Waals surface area contributed by atoms with Crippen LogP contribution in [-0.4, -0.2) is 49.2 Å². The molecule has 1 amide bonds. The van der Waals surface area contributed by atoms with Crippen LogP contribution in [0, 0.1) is 0 Å². The van der Waals surface area contributed by atoms with E-state index in [-0.39, 0.29) is 6.10 Å². The van der Waals surface area contributed by atoms with Gasteiger partial charge in [-0.05, 0) is 46.2 Å². The van der Waals surface area contributed by atoms with Gasteiger partial charge in [0.05, 0.1) is 6.10 Å². The van der Waals surface area contributed by atoms with Gasteiger partial charge in [0.15, 0.2) is 0 Å². The maximum Gasteiger partial charge on any atom is 0.222 e. The third kappa shape index (κ3) is 5.36. The predicted octanol–water partition coefficient (Wildman–Crippen LogP) is 1.79. The van der Waals surface area contributed by atoms with Crippen molar-refractivity contribution in [3.05, 3.63) is 0 Å². The van der Waals surface area contributed by atoms with Gasteiger partial charge in [0, 0.05) is 25.6 Å². The van der Waals surface area contributed by atoms with E-state index in [1.54, 1.807) is 0 Å². The van der Waals surface area contributed by atoms with Crippen molar-refractivity contribution < 1.29 is 9.53 Å². The zero-order valence-electron chi connectivity index (χ0n) is 12.1. The molecular formula is C14H28N2O2. The van der Waals surface area contributed by atoms with Crippen LogP contribution in [-0.2, 0) is 9.53 Å². The molecule has 1 rings (SSSR count). The van der Waals surface area contributed by atoms with Crippen molar-refractivity contribution in [1.29, 1.82) is 0 Å². The molecule has 1 aliphatic heterocycles. The first-order chi connectivity index (χ1) is 8.65. The Labute approximate surface area is 111 Å². The number of ether oxygens (including phenoxy) is 1. The van der Waals surface area contributed by atoms with Crippen molar-refractivity contribution in [2.45, 2.75) is 58.6 Å². The lowest BCUT2D eigenvalue weighted by Crippen LogP contribution is -2.36. The summed E-state index contributed by atoms with van der Waals surface area (Å²) in [6, 6.07) is 0.440. The van der Waals surface area contributed by atoms with Crippen molar-refractivity contribution in [1.82, 2.24) is 10.2 Å². The Bertz CT molecular complexity index is 244. The first-order valence-electron chi connectivity index (χ1n) is 7.27. The second-order valence-corrected chi connectivity index (χ2v) is 5.19. The molecule has 1 N–H and O–H groups in total. The Hall–Kier alpha value is -0.610. The Kier molecular flexibility index (Phi) is 7.28. The highest BCUT2D eigenvalue weighted by molar-refractivity contribution is 5.78. The van der Waals surface area contributed by atoms with Crippen LogP contribution in [0.3, 0.4) is 0 Å². The van der Waals surface area contributed by atoms with Crippen LogP contribution in [0.4, 0.5) is 0 Å². The van der Waals surface area contributed by atoms with Crippen LogP contribution in [0.5, 0.6) is 0 Å². The van der Waals surface area contributed by atoms with Crippen molar-refractivity contribution >= 4 is 5.91 Å². The molecule has 1 unspecified atom stereocenters. The minimum absolute atomic E-state index is 0.281. The average molecular weight is 256 g/mol. The number of nitrogens with zero attached hydrogens (tertiary/aromatic N) is 1. The fraction of sp³-hybridized carbons (Fsp3) is 0.929. The number of carbonyl (C=O) groups is 1. The largest absolute Gasteiger partial charge is 0.379 e. The summed E-state index contributed by atoms with van der Waals surface area (Å²) in [5.74, 6) is 0.320. The highest BCUT2D eigenvalue weighted by atomic mass is 16.5. The van der Waals surface area contributed by atoms with Gasteiger partial charge in [-0.3, -0.25) is 4.79 Å². The summed E-state index contributed by atoms with van der Waals surface area (Å²) >= 11 is 0. The third-order valence-corrected chi connectivity index (χ3v) is 3.35. The summed E-state index contributed by atoms with van der Waals surface area (Å²) in [5.41, 5.74) is 0. The lowest BCUT2D eigenvalue weighted by molar-refractivity contribution is -0.129. The number of amides is 1. The minimum Gasteiger partial charge on any atom is -0.379 e. The maximum absolute atomic E-state index is 11.8. The normalized spacial score (nSPS) is 20.1. The van der Waals surface area contributed by atoms with E-state index >= 15 is 0 Å². The minimum atomic E-state index is 0.281. The number of rotatable bonds is 9. The monoisotopic (exact) mass is 256 g/mol. The third-order valence-electron chi connectivity index (χ3n) is 3.35. The fourth-order valence-electron chi connectivity index (χ4n) is 2.40. The second kappa shape index (κ2) is 8.48. The number of hydrogen-bond donors (Lipinski definition) is 1. The maximum atomic E-state index is 11.8. The zero-order chi connectivity index (χ0) is 13.4. The molecule has 0 bridgehead atoms. The van der Waals surface area contributed by atoms with Crippen LogP contribution >= 0.6 is 0 Å². The van der Waals surface area contributed by atoms with Crippen LogP contribution in [0.15, 0.2) is 0 Å². The molecule has 0 aromatic carbocycles. The Morgan fingerprint density at radius 2 is 2.28 bits per heavy atom. The van der Waals surface area contributed by atoms with Crippen LogP contribution in [0.2, 0.25) is 0 Å². The van der Waals surface area contributed by atoms with Gasteiger partial charge in [0.25, 0.3) is 0 Å². The highest BCUT2D eigenvalue weighted by Gasteiger charge is 2.29. The molecule has 0 aliphatic carbocycles. The Morgan fingerprint density at radius 3 is 2.94 bits per heavy atom. The molecule has 0 aromatic rings. The van der Waals surface area contributed by atoms with Crippen LogP contribution in [0.25, 0.3) is 0 Å². The topological polar surface area (TPSA) is 41.6 Å². The molecule has 106 valence electrons. The van der Waals surface area contributed by atoms with E-state index in [9.17, 15) is 4.79 Å². The Morgan fingerprint density at radius 1 is 1.50 bits per heavy atom. The molecule has 0 radical (unpaired) electrons. The summed E-state index contributed by atoms with van der Waals surface area (Å²) in [5, 5.41) is 3.33. The number of nitrogens with one attached hydrogen (secondary N) is 1. The SMILES string of the molecule is CCNCCC1CCC(=O)N1CCCOC(C)C. The van der Waals surface area contributed by atoms with Crippen LogP contribution in [0.1, 0.15) is 46.5 Å². The van der Waals surface area contributed by atoms with E-state index < -0.39 is 0 Å². The molecule has 1 aliphatic rings. The van der Waals surface area contributed by atoms with Crippen molar-refractivity contribution in [2.75, 3.05) is 26.2 Å². The Balaban J connectivity index is 2.23. The van der Waals surface area contributed by atoms with Gasteiger partial charge in [-0.1, -0.05) is 6.92 Å². The van der Waals surface area contributed by atoms with E-state index in [1.807, 2.05) is 13.8 Å². The van der Waals surface area contributed by atoms with Gasteiger partial charge < -0.3 is 15.0 Å². The molecule has 18 heavy (non-hydrogen) atoms. The van der Waals surface area contributed by atoms with E-state index in [4.69, 9.17) is 4.74 Å². The van der Waals surface area contributed by atoms with Gasteiger partial charge in [0.2, 0.25) is 5.91 Å². The van der Waals surface area contributed by atoms with E-state index in [2.05, 4.69) is 17.1 Å². The van der Waals surface area contributed by atoms with Crippen LogP contribution < -0.4 is 5.32 Å². The first kappa shape index (κ1) is 15.4. The standard InChI is InChI=1S/C14H28N2O2/c1-4-15-9-8-13-6-7-14(17)16(13)10-5-11-18-12(2)3/h12-13,15H,4-11H2,1-3H3. The first-order valence-corrected chi connectivity index (χ1v) is 7.27. The van der Waals surface area contributed by atoms with E-state index in [0.29, 0.717) is 11.9 Å². The van der Waals surface area contributed by atoms with E-state index in [1.165, 1.54) is 0 Å². The van der Waals surface area contributed by atoms with Gasteiger partial charge in [-0.15, -0.1) is 0 Å². The van der Waals surface area contributed by atoms with Gasteiger partial charge in [0.1, 0.15) is 0 Å².